The molecule has 0 spiro atoms. The van der Waals surface area contributed by atoms with Crippen LogP contribution in [0.15, 0.2) is 71.1 Å². The maximum absolute atomic E-state index is 13.5. The van der Waals surface area contributed by atoms with Gasteiger partial charge in [-0.15, -0.1) is 0 Å². The monoisotopic (exact) mass is 556 g/mol. The number of carbonyl (C=O) groups is 4. The molecule has 0 bridgehead atoms. The van der Waals surface area contributed by atoms with Crippen LogP contribution in [0.1, 0.15) is 24.0 Å². The summed E-state index contributed by atoms with van der Waals surface area (Å²) in [7, 11) is 1.44. The third kappa shape index (κ3) is 3.23. The van der Waals surface area contributed by atoms with Gasteiger partial charge in [0.05, 0.1) is 23.4 Å². The van der Waals surface area contributed by atoms with Crippen LogP contribution in [0.3, 0.4) is 0 Å². The Morgan fingerprint density at radius 3 is 2.22 bits per heavy atom. The highest BCUT2D eigenvalue weighted by atomic mass is 16.6. The zero-order valence-corrected chi connectivity index (χ0v) is 22.5. The summed E-state index contributed by atoms with van der Waals surface area (Å²) in [5, 5.41) is 0. The van der Waals surface area contributed by atoms with E-state index in [0.29, 0.717) is 0 Å². The van der Waals surface area contributed by atoms with Gasteiger partial charge in [-0.1, -0.05) is 48.5 Å². The molecule has 2 amide bonds. The van der Waals surface area contributed by atoms with Crippen molar-refractivity contribution in [3.05, 3.63) is 82.2 Å². The van der Waals surface area contributed by atoms with Crippen molar-refractivity contribution >= 4 is 23.8 Å². The number of Topliss-reactive ketones (excluding diaryl/α,β-unsaturated/α-hetero) is 2. The minimum Gasteiger partial charge on any atom is -0.449 e. The van der Waals surface area contributed by atoms with Crippen LogP contribution < -0.4 is 11.5 Å². The third-order valence-corrected chi connectivity index (χ3v) is 9.23. The molecule has 0 radical (unpaired) electrons. The highest BCUT2D eigenvalue weighted by Crippen LogP contribution is 2.60. The summed E-state index contributed by atoms with van der Waals surface area (Å²) in [5.74, 6) is -1.93. The van der Waals surface area contributed by atoms with Crippen LogP contribution in [0.5, 0.6) is 0 Å². The fourth-order valence-corrected chi connectivity index (χ4v) is 7.39. The number of piperazine rings is 1. The zero-order chi connectivity index (χ0) is 28.8. The summed E-state index contributed by atoms with van der Waals surface area (Å²) in [4.78, 5) is 55.1. The molecule has 4 atom stereocenters. The summed E-state index contributed by atoms with van der Waals surface area (Å²) in [5.41, 5.74) is 14.6. The maximum atomic E-state index is 13.5. The van der Waals surface area contributed by atoms with Crippen molar-refractivity contribution in [2.45, 2.75) is 30.7 Å². The van der Waals surface area contributed by atoms with Crippen molar-refractivity contribution in [3.63, 3.8) is 0 Å². The number of methoxy groups -OCH3 is 1. The van der Waals surface area contributed by atoms with Gasteiger partial charge in [-0.2, -0.15) is 0 Å². The Kier molecular flexibility index (Phi) is 5.36. The Bertz CT molecular complexity index is 1580. The first kappa shape index (κ1) is 25.3. The highest BCUT2D eigenvalue weighted by Gasteiger charge is 2.78. The van der Waals surface area contributed by atoms with Crippen LogP contribution in [0.2, 0.25) is 0 Å². The number of carbonyl (C=O) groups excluding carboxylic acids is 4. The number of ketones is 2. The minimum atomic E-state index is -1.34. The summed E-state index contributed by atoms with van der Waals surface area (Å²) < 4.78 is 17.1. The van der Waals surface area contributed by atoms with E-state index in [1.165, 1.54) is 14.0 Å². The number of primary amides is 1. The third-order valence-electron chi connectivity index (χ3n) is 9.23. The van der Waals surface area contributed by atoms with Crippen LogP contribution in [-0.2, 0) is 23.8 Å². The number of hydrogen-bond acceptors (Lipinski definition) is 9. The first-order valence-electron chi connectivity index (χ1n) is 13.4. The van der Waals surface area contributed by atoms with Gasteiger partial charge in [0.25, 0.3) is 0 Å². The van der Waals surface area contributed by atoms with Gasteiger partial charge < -0.3 is 30.6 Å². The van der Waals surface area contributed by atoms with Crippen molar-refractivity contribution in [1.29, 1.82) is 0 Å². The Hall–Kier alpha value is -4.64. The van der Waals surface area contributed by atoms with E-state index in [2.05, 4.69) is 12.1 Å². The molecular weight excluding hydrogens is 528 g/mol. The molecule has 2 aromatic rings. The first-order valence-corrected chi connectivity index (χ1v) is 13.4. The van der Waals surface area contributed by atoms with E-state index in [-0.39, 0.29) is 54.3 Å². The number of hydrogen-bond donors (Lipinski definition) is 2. The lowest BCUT2D eigenvalue weighted by Gasteiger charge is -2.40. The normalized spacial score (nSPS) is 27.4. The SMILES string of the molecule is CO[C@@]12[C@H](COC(N)=O)C3=C(C(=O)C(C)=C(N)C3=O)N1C[C@H]1[C@@H]2N1C(=O)OCC1c2ccccc2-c2ccccc21. The minimum absolute atomic E-state index is 0.108. The summed E-state index contributed by atoms with van der Waals surface area (Å²) in [6.45, 7) is 1.55. The van der Waals surface area contributed by atoms with E-state index in [1.54, 1.807) is 9.80 Å². The van der Waals surface area contributed by atoms with Gasteiger partial charge in [-0.3, -0.25) is 14.5 Å². The summed E-state index contributed by atoms with van der Waals surface area (Å²) in [6.07, 6.45) is -1.56. The van der Waals surface area contributed by atoms with Crippen molar-refractivity contribution in [2.75, 3.05) is 26.9 Å². The standard InChI is InChI=1S/C30H28N4O7/c1-14-23(31)26(36)22-20(13-40-28(32)37)30(39-2)27-21(11-33(30)24(22)25(14)35)34(27)29(38)41-12-19-17-9-5-3-7-15(17)16-8-4-6-10-18(16)19/h3-10,19-21,27H,11-13,31H2,1-2H3,(H2,32,37)/t20-,21+,27+,30-,34?/m1/s1. The summed E-state index contributed by atoms with van der Waals surface area (Å²) >= 11 is 0. The van der Waals surface area contributed by atoms with Gasteiger partial charge in [0.1, 0.15) is 19.3 Å². The quantitative estimate of drug-likeness (QED) is 0.416. The molecule has 2 aromatic carbocycles. The Morgan fingerprint density at radius 2 is 1.61 bits per heavy atom. The van der Waals surface area contributed by atoms with Crippen LogP contribution in [0.4, 0.5) is 9.59 Å². The van der Waals surface area contributed by atoms with E-state index >= 15 is 0 Å². The largest absolute Gasteiger partial charge is 0.449 e. The molecule has 3 aliphatic heterocycles. The molecule has 0 aromatic heterocycles. The van der Waals surface area contributed by atoms with Crippen molar-refractivity contribution in [2.24, 2.45) is 17.4 Å². The second kappa shape index (κ2) is 8.68. The molecule has 0 saturated carbocycles. The fourth-order valence-electron chi connectivity index (χ4n) is 7.39. The van der Waals surface area contributed by atoms with Gasteiger partial charge in [0, 0.05) is 30.7 Å². The van der Waals surface area contributed by atoms with Crippen molar-refractivity contribution < 1.29 is 33.4 Å². The Labute approximate surface area is 235 Å². The van der Waals surface area contributed by atoms with Gasteiger partial charge >= 0.3 is 12.2 Å². The fraction of sp³-hybridized carbons (Fsp3) is 0.333. The molecule has 2 fully saturated rings. The van der Waals surface area contributed by atoms with E-state index in [9.17, 15) is 19.2 Å². The van der Waals surface area contributed by atoms with E-state index in [4.69, 9.17) is 25.7 Å². The second-order valence-corrected chi connectivity index (χ2v) is 10.9. The average molecular weight is 557 g/mol. The predicted octanol–water partition coefficient (Wildman–Crippen LogP) is 2.01. The molecular formula is C30H28N4O7. The molecule has 5 aliphatic rings. The van der Waals surface area contributed by atoms with Gasteiger partial charge in [0.2, 0.25) is 11.6 Å². The number of nitrogens with two attached hydrogens (primary N) is 2. The van der Waals surface area contributed by atoms with Crippen molar-refractivity contribution in [3.8, 4) is 11.1 Å². The molecule has 2 saturated heterocycles. The van der Waals surface area contributed by atoms with Crippen LogP contribution in [0, 0.1) is 5.92 Å². The van der Waals surface area contributed by atoms with Crippen LogP contribution in [-0.4, -0.2) is 78.2 Å². The number of ether oxygens (including phenoxy) is 3. The lowest BCUT2D eigenvalue weighted by molar-refractivity contribution is -0.144. The number of amides is 2. The van der Waals surface area contributed by atoms with Crippen LogP contribution in [0.25, 0.3) is 11.1 Å². The number of allylic oxidation sites excluding steroid dienone is 2. The molecule has 3 heterocycles. The molecule has 2 aliphatic carbocycles. The molecule has 4 N–H and O–H groups in total. The first-order chi connectivity index (χ1) is 19.7. The number of nitrogens with zero attached hydrogens (tertiary/aromatic N) is 2. The second-order valence-electron chi connectivity index (χ2n) is 10.9. The lowest BCUT2D eigenvalue weighted by atomic mass is 9.82. The lowest BCUT2D eigenvalue weighted by Crippen LogP contribution is -2.56. The topological polar surface area (TPSA) is 154 Å². The Balaban J connectivity index is 1.16. The molecule has 11 heteroatoms. The average Bonchev–Trinajstić information content (AvgIpc) is 3.32. The number of benzene rings is 2. The predicted molar refractivity (Wildman–Crippen MR) is 144 cm³/mol. The highest BCUT2D eigenvalue weighted by molar-refractivity contribution is 6.25. The van der Waals surface area contributed by atoms with Crippen LogP contribution >= 0.6 is 0 Å². The van der Waals surface area contributed by atoms with Gasteiger partial charge in [-0.25, -0.2) is 9.59 Å². The molecule has 7 rings (SSSR count). The van der Waals surface area contributed by atoms with E-state index < -0.39 is 41.4 Å². The number of rotatable bonds is 5. The number of fused-ring (bicyclic) bond motifs is 7. The molecule has 41 heavy (non-hydrogen) atoms. The molecule has 210 valence electrons. The molecule has 0 unspecified atom stereocenters. The van der Waals surface area contributed by atoms with E-state index in [0.717, 1.165) is 22.3 Å². The van der Waals surface area contributed by atoms with Crippen molar-refractivity contribution in [1.82, 2.24) is 9.80 Å². The van der Waals surface area contributed by atoms with E-state index in [1.807, 2.05) is 36.4 Å². The summed E-state index contributed by atoms with van der Waals surface area (Å²) in [6, 6.07) is 15.3. The molecule has 11 nitrogen and oxygen atoms in total. The zero-order valence-electron chi connectivity index (χ0n) is 22.5. The smallest absolute Gasteiger partial charge is 0.410 e. The van der Waals surface area contributed by atoms with Gasteiger partial charge in [-0.05, 0) is 29.2 Å². The Morgan fingerprint density at radius 1 is 0.976 bits per heavy atom. The van der Waals surface area contributed by atoms with Gasteiger partial charge in [0.15, 0.2) is 5.72 Å². The maximum Gasteiger partial charge on any atom is 0.410 e.